The Morgan fingerprint density at radius 2 is 1.86 bits per heavy atom. The molecule has 5 heteroatoms. The van der Waals surface area contributed by atoms with Crippen LogP contribution in [-0.4, -0.2) is 50.2 Å². The van der Waals surface area contributed by atoms with Gasteiger partial charge in [-0.25, -0.2) is 0 Å². The van der Waals surface area contributed by atoms with Crippen LogP contribution >= 0.6 is 0 Å². The maximum Gasteiger partial charge on any atom is 0.253 e. The zero-order chi connectivity index (χ0) is 15.0. The van der Waals surface area contributed by atoms with Crippen LogP contribution in [0.15, 0.2) is 18.2 Å². The molecular weight excluding hydrogens is 280 g/mol. The highest BCUT2D eigenvalue weighted by Gasteiger charge is 2.38. The van der Waals surface area contributed by atoms with Crippen molar-refractivity contribution >= 4 is 5.91 Å². The van der Waals surface area contributed by atoms with Gasteiger partial charge in [0.15, 0.2) is 11.5 Å². The molecule has 0 radical (unpaired) electrons. The monoisotopic (exact) mass is 302 g/mol. The molecule has 1 amide bonds. The van der Waals surface area contributed by atoms with Crippen LogP contribution in [0, 0.1) is 5.41 Å². The number of piperidine rings is 1. The Labute approximate surface area is 130 Å². The van der Waals surface area contributed by atoms with Gasteiger partial charge in [-0.05, 0) is 49.4 Å². The van der Waals surface area contributed by atoms with E-state index >= 15 is 0 Å². The third kappa shape index (κ3) is 2.43. The SMILES string of the molecule is O=C(c1ccc2c(c1)OCCO2)N1CCC2(CCNC2)CC1. The number of carbonyl (C=O) groups is 1. The van der Waals surface area contributed by atoms with Crippen LogP contribution < -0.4 is 14.8 Å². The Hall–Kier alpha value is -1.75. The van der Waals surface area contributed by atoms with Crippen molar-refractivity contribution in [3.63, 3.8) is 0 Å². The van der Waals surface area contributed by atoms with Crippen molar-refractivity contribution < 1.29 is 14.3 Å². The molecule has 2 fully saturated rings. The second-order valence-corrected chi connectivity index (χ2v) is 6.58. The number of ether oxygens (including phenoxy) is 2. The van der Waals surface area contributed by atoms with Crippen molar-refractivity contribution in [1.82, 2.24) is 10.2 Å². The Morgan fingerprint density at radius 1 is 1.09 bits per heavy atom. The molecule has 1 N–H and O–H groups in total. The number of hydrogen-bond acceptors (Lipinski definition) is 4. The molecule has 2 saturated heterocycles. The normalized spacial score (nSPS) is 22.8. The lowest BCUT2D eigenvalue weighted by molar-refractivity contribution is 0.0606. The molecule has 0 aromatic heterocycles. The number of nitrogens with zero attached hydrogens (tertiary/aromatic N) is 1. The Bertz CT molecular complexity index is 571. The minimum absolute atomic E-state index is 0.109. The van der Waals surface area contributed by atoms with Crippen LogP contribution in [0.4, 0.5) is 0 Å². The summed E-state index contributed by atoms with van der Waals surface area (Å²) < 4.78 is 11.1. The predicted octanol–water partition coefficient (Wildman–Crippen LogP) is 1.67. The Morgan fingerprint density at radius 3 is 2.59 bits per heavy atom. The summed E-state index contributed by atoms with van der Waals surface area (Å²) in [6, 6.07) is 5.50. The van der Waals surface area contributed by atoms with E-state index in [-0.39, 0.29) is 5.91 Å². The second-order valence-electron chi connectivity index (χ2n) is 6.58. The molecule has 1 spiro atoms. The van der Waals surface area contributed by atoms with Crippen molar-refractivity contribution in [2.75, 3.05) is 39.4 Å². The first kappa shape index (κ1) is 13.9. The maximum absolute atomic E-state index is 12.7. The summed E-state index contributed by atoms with van der Waals surface area (Å²) in [4.78, 5) is 14.7. The van der Waals surface area contributed by atoms with Gasteiger partial charge < -0.3 is 19.7 Å². The third-order valence-corrected chi connectivity index (χ3v) is 5.23. The standard InChI is InChI=1S/C17H22N2O3/c20-16(13-1-2-14-15(11-13)22-10-9-21-14)19-7-4-17(5-8-19)3-6-18-12-17/h1-2,11,18H,3-10,12H2. The van der Waals surface area contributed by atoms with Gasteiger partial charge in [0.1, 0.15) is 13.2 Å². The molecule has 4 rings (SSSR count). The molecular formula is C17H22N2O3. The second kappa shape index (κ2) is 5.47. The van der Waals surface area contributed by atoms with Gasteiger partial charge in [-0.1, -0.05) is 0 Å². The van der Waals surface area contributed by atoms with E-state index in [9.17, 15) is 4.79 Å². The fourth-order valence-electron chi connectivity index (χ4n) is 3.77. The van der Waals surface area contributed by atoms with Gasteiger partial charge in [0, 0.05) is 25.2 Å². The fourth-order valence-corrected chi connectivity index (χ4v) is 3.77. The zero-order valence-electron chi connectivity index (χ0n) is 12.8. The molecule has 118 valence electrons. The summed E-state index contributed by atoms with van der Waals surface area (Å²) in [5.41, 5.74) is 1.13. The molecule has 0 atom stereocenters. The summed E-state index contributed by atoms with van der Waals surface area (Å²) in [5.74, 6) is 1.53. The van der Waals surface area contributed by atoms with E-state index in [1.165, 1.54) is 6.42 Å². The van der Waals surface area contributed by atoms with Gasteiger partial charge in [-0.2, -0.15) is 0 Å². The van der Waals surface area contributed by atoms with Crippen molar-refractivity contribution in [1.29, 1.82) is 0 Å². The molecule has 1 aromatic carbocycles. The van der Waals surface area contributed by atoms with Crippen molar-refractivity contribution in [2.24, 2.45) is 5.41 Å². The van der Waals surface area contributed by atoms with Crippen LogP contribution in [0.2, 0.25) is 0 Å². The highest BCUT2D eigenvalue weighted by Crippen LogP contribution is 2.37. The number of rotatable bonds is 1. The quantitative estimate of drug-likeness (QED) is 0.857. The zero-order valence-corrected chi connectivity index (χ0v) is 12.8. The van der Waals surface area contributed by atoms with Gasteiger partial charge in [0.05, 0.1) is 0 Å². The minimum Gasteiger partial charge on any atom is -0.486 e. The lowest BCUT2D eigenvalue weighted by Gasteiger charge is -2.39. The first-order chi connectivity index (χ1) is 10.8. The summed E-state index contributed by atoms with van der Waals surface area (Å²) in [6.45, 7) is 5.06. The Balaban J connectivity index is 1.46. The molecule has 22 heavy (non-hydrogen) atoms. The van der Waals surface area contributed by atoms with Crippen molar-refractivity contribution in [3.8, 4) is 11.5 Å². The lowest BCUT2D eigenvalue weighted by Crippen LogP contribution is -2.44. The smallest absolute Gasteiger partial charge is 0.253 e. The number of amides is 1. The van der Waals surface area contributed by atoms with E-state index in [0.717, 1.165) is 44.8 Å². The van der Waals surface area contributed by atoms with Gasteiger partial charge in [0.2, 0.25) is 0 Å². The van der Waals surface area contributed by atoms with E-state index in [2.05, 4.69) is 5.32 Å². The van der Waals surface area contributed by atoms with E-state index in [1.54, 1.807) is 0 Å². The Kier molecular flexibility index (Phi) is 3.45. The first-order valence-corrected chi connectivity index (χ1v) is 8.16. The summed E-state index contributed by atoms with van der Waals surface area (Å²) >= 11 is 0. The van der Waals surface area contributed by atoms with Crippen LogP contribution in [0.3, 0.4) is 0 Å². The molecule has 3 aliphatic rings. The largest absolute Gasteiger partial charge is 0.486 e. The molecule has 3 aliphatic heterocycles. The number of likely N-dealkylation sites (tertiary alicyclic amines) is 1. The van der Waals surface area contributed by atoms with Crippen LogP contribution in [0.1, 0.15) is 29.6 Å². The number of hydrogen-bond donors (Lipinski definition) is 1. The number of benzene rings is 1. The van der Waals surface area contributed by atoms with Gasteiger partial charge in [-0.15, -0.1) is 0 Å². The van der Waals surface area contributed by atoms with Crippen molar-refractivity contribution in [3.05, 3.63) is 23.8 Å². The van der Waals surface area contributed by atoms with Gasteiger partial charge >= 0.3 is 0 Å². The molecule has 3 heterocycles. The van der Waals surface area contributed by atoms with E-state index in [0.29, 0.717) is 29.9 Å². The molecule has 1 aromatic rings. The van der Waals surface area contributed by atoms with Crippen LogP contribution in [-0.2, 0) is 0 Å². The minimum atomic E-state index is 0.109. The molecule has 0 bridgehead atoms. The van der Waals surface area contributed by atoms with Gasteiger partial charge in [-0.3, -0.25) is 4.79 Å². The number of nitrogens with one attached hydrogen (secondary N) is 1. The fraction of sp³-hybridized carbons (Fsp3) is 0.588. The summed E-state index contributed by atoms with van der Waals surface area (Å²) in [5, 5.41) is 3.46. The average molecular weight is 302 g/mol. The first-order valence-electron chi connectivity index (χ1n) is 8.16. The van der Waals surface area contributed by atoms with E-state index in [4.69, 9.17) is 9.47 Å². The summed E-state index contributed by atoms with van der Waals surface area (Å²) in [7, 11) is 0. The molecule has 5 nitrogen and oxygen atoms in total. The predicted molar refractivity (Wildman–Crippen MR) is 82.5 cm³/mol. The number of carbonyl (C=O) groups excluding carboxylic acids is 1. The van der Waals surface area contributed by atoms with Crippen molar-refractivity contribution in [2.45, 2.75) is 19.3 Å². The molecule has 0 saturated carbocycles. The third-order valence-electron chi connectivity index (χ3n) is 5.23. The average Bonchev–Trinajstić information content (AvgIpc) is 3.02. The molecule has 0 unspecified atom stereocenters. The maximum atomic E-state index is 12.7. The number of fused-ring (bicyclic) bond motifs is 1. The van der Waals surface area contributed by atoms with Crippen LogP contribution in [0.25, 0.3) is 0 Å². The summed E-state index contributed by atoms with van der Waals surface area (Å²) in [6.07, 6.45) is 3.46. The van der Waals surface area contributed by atoms with E-state index < -0.39 is 0 Å². The van der Waals surface area contributed by atoms with Crippen LogP contribution in [0.5, 0.6) is 11.5 Å². The van der Waals surface area contributed by atoms with Gasteiger partial charge in [0.25, 0.3) is 5.91 Å². The highest BCUT2D eigenvalue weighted by molar-refractivity contribution is 5.95. The highest BCUT2D eigenvalue weighted by atomic mass is 16.6. The van der Waals surface area contributed by atoms with E-state index in [1.807, 2.05) is 23.1 Å². The lowest BCUT2D eigenvalue weighted by atomic mass is 9.78. The topological polar surface area (TPSA) is 50.8 Å². The molecule has 0 aliphatic carbocycles.